The Kier molecular flexibility index (Phi) is 5.72. The Morgan fingerprint density at radius 1 is 1.19 bits per heavy atom. The summed E-state index contributed by atoms with van der Waals surface area (Å²) < 4.78 is 0. The first kappa shape index (κ1) is 18.8. The van der Waals surface area contributed by atoms with Crippen molar-refractivity contribution >= 4 is 11.7 Å². The van der Waals surface area contributed by atoms with Gasteiger partial charge in [0.05, 0.1) is 0 Å². The summed E-state index contributed by atoms with van der Waals surface area (Å²) in [6.07, 6.45) is 8.73. The van der Waals surface area contributed by atoms with Crippen LogP contribution in [0.1, 0.15) is 57.4 Å². The molecule has 1 aromatic rings. The lowest BCUT2D eigenvalue weighted by atomic mass is 9.69. The van der Waals surface area contributed by atoms with Gasteiger partial charge in [0, 0.05) is 24.3 Å². The smallest absolute Gasteiger partial charge is 0.321 e. The molecule has 4 heteroatoms. The fourth-order valence-electron chi connectivity index (χ4n) is 5.91. The number of para-hydroxylation sites is 1. The number of rotatable bonds is 4. The zero-order valence-electron chi connectivity index (χ0n) is 17.0. The molecule has 3 heterocycles. The van der Waals surface area contributed by atoms with Crippen LogP contribution in [0.4, 0.5) is 10.5 Å². The van der Waals surface area contributed by atoms with E-state index in [1.807, 2.05) is 18.2 Å². The molecule has 0 unspecified atom stereocenters. The van der Waals surface area contributed by atoms with Crippen molar-refractivity contribution < 1.29 is 4.79 Å². The van der Waals surface area contributed by atoms with E-state index in [-0.39, 0.29) is 6.03 Å². The van der Waals surface area contributed by atoms with E-state index < -0.39 is 0 Å². The molecule has 2 amide bonds. The van der Waals surface area contributed by atoms with E-state index in [0.29, 0.717) is 17.9 Å². The number of aryl methyl sites for hydroxylation is 1. The molecular weight excluding hydrogens is 334 g/mol. The highest BCUT2D eigenvalue weighted by Crippen LogP contribution is 2.43. The van der Waals surface area contributed by atoms with Gasteiger partial charge in [-0.3, -0.25) is 4.90 Å². The number of carbonyl (C=O) groups is 1. The molecule has 148 valence electrons. The minimum absolute atomic E-state index is 0.117. The van der Waals surface area contributed by atoms with Crippen molar-refractivity contribution in [2.45, 2.75) is 70.9 Å². The van der Waals surface area contributed by atoms with Gasteiger partial charge in [-0.25, -0.2) is 4.79 Å². The number of benzene rings is 1. The largest absolute Gasteiger partial charge is 0.322 e. The quantitative estimate of drug-likeness (QED) is 0.820. The molecule has 0 bridgehead atoms. The second kappa shape index (κ2) is 8.22. The summed E-state index contributed by atoms with van der Waals surface area (Å²) >= 11 is 0. The second-order valence-electron chi connectivity index (χ2n) is 8.84. The molecule has 4 nitrogen and oxygen atoms in total. The molecule has 0 radical (unpaired) electrons. The number of amides is 2. The van der Waals surface area contributed by atoms with Gasteiger partial charge in [-0.1, -0.05) is 38.0 Å². The summed E-state index contributed by atoms with van der Waals surface area (Å²) in [5, 5.41) is 3.23. The molecule has 0 aromatic heterocycles. The number of carbonyl (C=O) groups excluding carboxylic acids is 1. The fraction of sp³-hybridized carbons (Fsp3) is 0.696. The number of anilines is 1. The third kappa shape index (κ3) is 3.73. The first-order valence-corrected chi connectivity index (χ1v) is 11.1. The third-order valence-corrected chi connectivity index (χ3v) is 7.17. The van der Waals surface area contributed by atoms with Crippen LogP contribution in [0.5, 0.6) is 0 Å². The van der Waals surface area contributed by atoms with Crippen LogP contribution >= 0.6 is 0 Å². The number of nitrogens with zero attached hydrogens (tertiary/aromatic N) is 2. The van der Waals surface area contributed by atoms with Crippen molar-refractivity contribution in [3.63, 3.8) is 0 Å². The summed E-state index contributed by atoms with van der Waals surface area (Å²) in [4.78, 5) is 18.3. The zero-order valence-corrected chi connectivity index (χ0v) is 17.0. The molecule has 3 fully saturated rings. The lowest BCUT2D eigenvalue weighted by Gasteiger charge is -2.57. The van der Waals surface area contributed by atoms with Gasteiger partial charge < -0.3 is 10.2 Å². The molecule has 4 atom stereocenters. The average Bonchev–Trinajstić information content (AvgIpc) is 2.69. The lowest BCUT2D eigenvalue weighted by molar-refractivity contribution is -0.0617. The highest BCUT2D eigenvalue weighted by molar-refractivity contribution is 5.90. The van der Waals surface area contributed by atoms with Gasteiger partial charge in [-0.05, 0) is 75.6 Å². The second-order valence-corrected chi connectivity index (χ2v) is 8.84. The SMILES string of the molecule is CCCC[C@@H]1[C@H]2CCCN3CCC[C@@H](CN1C(=O)Nc1ccccc1C)[C@@H]23. The van der Waals surface area contributed by atoms with Gasteiger partial charge >= 0.3 is 6.03 Å². The predicted octanol–water partition coefficient (Wildman–Crippen LogP) is 4.89. The van der Waals surface area contributed by atoms with E-state index in [1.165, 1.54) is 51.6 Å². The third-order valence-electron chi connectivity index (χ3n) is 7.17. The van der Waals surface area contributed by atoms with Crippen molar-refractivity contribution in [1.82, 2.24) is 9.80 Å². The molecule has 3 aliphatic heterocycles. The minimum atomic E-state index is 0.117. The van der Waals surface area contributed by atoms with E-state index in [9.17, 15) is 4.79 Å². The Hall–Kier alpha value is -1.55. The Bertz CT molecular complexity index is 659. The number of unbranched alkanes of at least 4 members (excludes halogenated alkanes) is 1. The monoisotopic (exact) mass is 369 g/mol. The number of urea groups is 1. The van der Waals surface area contributed by atoms with E-state index in [4.69, 9.17) is 0 Å². The molecule has 1 aromatic carbocycles. The summed E-state index contributed by atoms with van der Waals surface area (Å²) in [6.45, 7) is 7.80. The van der Waals surface area contributed by atoms with Crippen LogP contribution < -0.4 is 5.32 Å². The van der Waals surface area contributed by atoms with Crippen LogP contribution in [-0.4, -0.2) is 47.5 Å². The van der Waals surface area contributed by atoms with Crippen molar-refractivity contribution in [1.29, 1.82) is 0 Å². The van der Waals surface area contributed by atoms with Crippen LogP contribution in [-0.2, 0) is 0 Å². The number of likely N-dealkylation sites (tertiary alicyclic amines) is 1. The minimum Gasteiger partial charge on any atom is -0.321 e. The maximum absolute atomic E-state index is 13.3. The Balaban J connectivity index is 1.57. The highest BCUT2D eigenvalue weighted by atomic mass is 16.2. The first-order chi connectivity index (χ1) is 13.2. The Morgan fingerprint density at radius 2 is 1.96 bits per heavy atom. The van der Waals surface area contributed by atoms with Crippen LogP contribution in [0.15, 0.2) is 24.3 Å². The number of hydrogen-bond donors (Lipinski definition) is 1. The van der Waals surface area contributed by atoms with Crippen molar-refractivity contribution in [2.24, 2.45) is 11.8 Å². The maximum atomic E-state index is 13.3. The molecular formula is C23H35N3O. The summed E-state index contributed by atoms with van der Waals surface area (Å²) in [5.41, 5.74) is 2.08. The average molecular weight is 370 g/mol. The van der Waals surface area contributed by atoms with Crippen LogP contribution in [0, 0.1) is 18.8 Å². The molecule has 4 rings (SSSR count). The van der Waals surface area contributed by atoms with Crippen molar-refractivity contribution in [3.05, 3.63) is 29.8 Å². The van der Waals surface area contributed by atoms with Crippen molar-refractivity contribution in [3.8, 4) is 0 Å². The predicted molar refractivity (Wildman–Crippen MR) is 111 cm³/mol. The summed E-state index contributed by atoms with van der Waals surface area (Å²) in [5.74, 6) is 1.32. The zero-order chi connectivity index (χ0) is 18.8. The molecule has 0 aliphatic carbocycles. The van der Waals surface area contributed by atoms with E-state index in [2.05, 4.69) is 35.0 Å². The van der Waals surface area contributed by atoms with Gasteiger partial charge in [0.2, 0.25) is 0 Å². The molecule has 3 aliphatic rings. The number of piperidine rings is 3. The molecule has 0 spiro atoms. The van der Waals surface area contributed by atoms with Crippen LogP contribution in [0.2, 0.25) is 0 Å². The molecule has 3 saturated heterocycles. The van der Waals surface area contributed by atoms with E-state index in [0.717, 1.165) is 30.3 Å². The van der Waals surface area contributed by atoms with Gasteiger partial charge in [0.15, 0.2) is 0 Å². The number of hydrogen-bond acceptors (Lipinski definition) is 2. The van der Waals surface area contributed by atoms with E-state index in [1.54, 1.807) is 0 Å². The molecule has 27 heavy (non-hydrogen) atoms. The standard InChI is InChI=1S/C23H35N3O/c1-3-4-13-21-19-11-8-15-25-14-7-10-18(22(19)25)16-26(21)23(27)24-20-12-6-5-9-17(20)2/h5-6,9,12,18-19,21-22H,3-4,7-8,10-11,13-16H2,1-2H3,(H,24,27)/t18-,19+,21+,22-/m0/s1. The van der Waals surface area contributed by atoms with Crippen LogP contribution in [0.3, 0.4) is 0 Å². The summed E-state index contributed by atoms with van der Waals surface area (Å²) in [6, 6.07) is 9.35. The fourth-order valence-corrected chi connectivity index (χ4v) is 5.91. The topological polar surface area (TPSA) is 35.6 Å². The Labute approximate surface area is 164 Å². The van der Waals surface area contributed by atoms with Gasteiger partial charge in [0.1, 0.15) is 0 Å². The summed E-state index contributed by atoms with van der Waals surface area (Å²) in [7, 11) is 0. The van der Waals surface area contributed by atoms with E-state index >= 15 is 0 Å². The first-order valence-electron chi connectivity index (χ1n) is 11.1. The normalized spacial score (nSPS) is 30.7. The molecule has 0 saturated carbocycles. The molecule has 1 N–H and O–H groups in total. The maximum Gasteiger partial charge on any atom is 0.322 e. The Morgan fingerprint density at radius 3 is 2.74 bits per heavy atom. The number of nitrogens with one attached hydrogen (secondary N) is 1. The van der Waals surface area contributed by atoms with Crippen molar-refractivity contribution in [2.75, 3.05) is 25.0 Å². The van der Waals surface area contributed by atoms with Gasteiger partial charge in [-0.2, -0.15) is 0 Å². The van der Waals surface area contributed by atoms with Crippen LogP contribution in [0.25, 0.3) is 0 Å². The highest BCUT2D eigenvalue weighted by Gasteiger charge is 2.49. The van der Waals surface area contributed by atoms with Gasteiger partial charge in [-0.15, -0.1) is 0 Å². The van der Waals surface area contributed by atoms with Gasteiger partial charge in [0.25, 0.3) is 0 Å². The lowest BCUT2D eigenvalue weighted by Crippen LogP contribution is -2.66.